The summed E-state index contributed by atoms with van der Waals surface area (Å²) in [7, 11) is 0. The molecule has 0 heterocycles. The third-order valence-electron chi connectivity index (χ3n) is 2.16. The van der Waals surface area contributed by atoms with E-state index in [4.69, 9.17) is 16.7 Å². The van der Waals surface area contributed by atoms with Crippen LogP contribution in [0.25, 0.3) is 0 Å². The van der Waals surface area contributed by atoms with Crippen LogP contribution in [-0.4, -0.2) is 29.5 Å². The minimum atomic E-state index is -0.480. The van der Waals surface area contributed by atoms with Crippen molar-refractivity contribution in [1.82, 2.24) is 5.32 Å². The van der Waals surface area contributed by atoms with Crippen molar-refractivity contribution in [2.75, 3.05) is 13.2 Å². The first-order valence-electron chi connectivity index (χ1n) is 5.14. The van der Waals surface area contributed by atoms with Crippen molar-refractivity contribution in [2.24, 2.45) is 5.92 Å². The number of hydrogen-bond donors (Lipinski definition) is 2. The zero-order chi connectivity index (χ0) is 11.0. The summed E-state index contributed by atoms with van der Waals surface area (Å²) in [5.74, 6) is 0.232. The van der Waals surface area contributed by atoms with Gasteiger partial charge in [-0.05, 0) is 25.7 Å². The van der Waals surface area contributed by atoms with Crippen molar-refractivity contribution in [2.45, 2.75) is 38.5 Å². The van der Waals surface area contributed by atoms with Gasteiger partial charge in [-0.15, -0.1) is 11.6 Å². The largest absolute Gasteiger partial charge is 0.396 e. The minimum Gasteiger partial charge on any atom is -0.396 e. The Morgan fingerprint density at radius 3 is 2.57 bits per heavy atom. The number of aliphatic hydroxyl groups is 1. The summed E-state index contributed by atoms with van der Waals surface area (Å²) >= 11 is 5.60. The van der Waals surface area contributed by atoms with Crippen LogP contribution in [-0.2, 0) is 4.79 Å². The number of alkyl halides is 1. The number of amides is 1. The Kier molecular flexibility index (Phi) is 7.90. The SMILES string of the molecule is CCCC(CCO)CNC(=O)C(C)Cl. The third-order valence-corrected chi connectivity index (χ3v) is 2.36. The summed E-state index contributed by atoms with van der Waals surface area (Å²) in [5.41, 5.74) is 0. The molecule has 0 bridgehead atoms. The lowest BCUT2D eigenvalue weighted by Crippen LogP contribution is -2.34. The van der Waals surface area contributed by atoms with Crippen LogP contribution in [0.4, 0.5) is 0 Å². The molecule has 84 valence electrons. The van der Waals surface area contributed by atoms with E-state index in [0.717, 1.165) is 19.3 Å². The van der Waals surface area contributed by atoms with Crippen LogP contribution in [0.5, 0.6) is 0 Å². The number of hydrogen-bond acceptors (Lipinski definition) is 2. The third kappa shape index (κ3) is 6.22. The molecule has 0 rings (SSSR count). The highest BCUT2D eigenvalue weighted by Crippen LogP contribution is 2.09. The number of aliphatic hydroxyl groups excluding tert-OH is 1. The van der Waals surface area contributed by atoms with Crippen molar-refractivity contribution in [1.29, 1.82) is 0 Å². The fourth-order valence-electron chi connectivity index (χ4n) is 1.32. The molecule has 1 amide bonds. The molecule has 0 aromatic rings. The molecule has 0 aliphatic heterocycles. The second kappa shape index (κ2) is 8.06. The molecular formula is C10H20ClNO2. The summed E-state index contributed by atoms with van der Waals surface area (Å²) in [4.78, 5) is 11.2. The lowest BCUT2D eigenvalue weighted by Gasteiger charge is -2.16. The van der Waals surface area contributed by atoms with E-state index in [1.165, 1.54) is 0 Å². The molecule has 2 N–H and O–H groups in total. The predicted molar refractivity (Wildman–Crippen MR) is 58.4 cm³/mol. The average Bonchev–Trinajstić information content (AvgIpc) is 2.14. The lowest BCUT2D eigenvalue weighted by atomic mass is 10.0. The molecule has 0 aromatic heterocycles. The van der Waals surface area contributed by atoms with E-state index < -0.39 is 5.38 Å². The molecule has 0 radical (unpaired) electrons. The second-order valence-corrected chi connectivity index (χ2v) is 4.18. The smallest absolute Gasteiger partial charge is 0.237 e. The van der Waals surface area contributed by atoms with Crippen LogP contribution < -0.4 is 5.32 Å². The lowest BCUT2D eigenvalue weighted by molar-refractivity contribution is -0.120. The highest BCUT2D eigenvalue weighted by Gasteiger charge is 2.12. The molecule has 0 saturated carbocycles. The van der Waals surface area contributed by atoms with Gasteiger partial charge in [0.1, 0.15) is 5.38 Å². The Morgan fingerprint density at radius 1 is 1.50 bits per heavy atom. The highest BCUT2D eigenvalue weighted by molar-refractivity contribution is 6.30. The van der Waals surface area contributed by atoms with Gasteiger partial charge >= 0.3 is 0 Å². The normalized spacial score (nSPS) is 14.9. The Labute approximate surface area is 90.8 Å². The van der Waals surface area contributed by atoms with E-state index in [1.54, 1.807) is 6.92 Å². The van der Waals surface area contributed by atoms with Gasteiger partial charge in [-0.25, -0.2) is 0 Å². The van der Waals surface area contributed by atoms with Crippen molar-refractivity contribution in [3.8, 4) is 0 Å². The number of rotatable bonds is 7. The van der Waals surface area contributed by atoms with Gasteiger partial charge in [-0.3, -0.25) is 4.79 Å². The van der Waals surface area contributed by atoms with Gasteiger partial charge in [0.15, 0.2) is 0 Å². The van der Waals surface area contributed by atoms with Gasteiger partial charge in [0.2, 0.25) is 5.91 Å². The van der Waals surface area contributed by atoms with Gasteiger partial charge in [0, 0.05) is 13.2 Å². The van der Waals surface area contributed by atoms with E-state index in [1.807, 2.05) is 0 Å². The molecule has 0 aliphatic rings. The van der Waals surface area contributed by atoms with Crippen molar-refractivity contribution in [3.63, 3.8) is 0 Å². The van der Waals surface area contributed by atoms with E-state index in [-0.39, 0.29) is 12.5 Å². The number of carbonyl (C=O) groups excluding carboxylic acids is 1. The highest BCUT2D eigenvalue weighted by atomic mass is 35.5. The van der Waals surface area contributed by atoms with Gasteiger partial charge in [-0.2, -0.15) is 0 Å². The van der Waals surface area contributed by atoms with Gasteiger partial charge < -0.3 is 10.4 Å². The number of halogens is 1. The van der Waals surface area contributed by atoms with Crippen LogP contribution in [0, 0.1) is 5.92 Å². The number of nitrogens with one attached hydrogen (secondary N) is 1. The summed E-state index contributed by atoms with van der Waals surface area (Å²) in [6.45, 7) is 4.54. The van der Waals surface area contributed by atoms with Crippen molar-refractivity contribution in [3.05, 3.63) is 0 Å². The maximum atomic E-state index is 11.2. The van der Waals surface area contributed by atoms with Gasteiger partial charge in [0.05, 0.1) is 0 Å². The Morgan fingerprint density at radius 2 is 2.14 bits per heavy atom. The molecule has 2 unspecified atom stereocenters. The molecule has 0 saturated heterocycles. The topological polar surface area (TPSA) is 49.3 Å². The quantitative estimate of drug-likeness (QED) is 0.641. The molecule has 3 nitrogen and oxygen atoms in total. The van der Waals surface area contributed by atoms with Crippen LogP contribution in [0.2, 0.25) is 0 Å². The van der Waals surface area contributed by atoms with Crippen molar-refractivity contribution >= 4 is 17.5 Å². The summed E-state index contributed by atoms with van der Waals surface area (Å²) in [6, 6.07) is 0. The molecular weight excluding hydrogens is 202 g/mol. The van der Waals surface area contributed by atoms with E-state index in [0.29, 0.717) is 12.5 Å². The van der Waals surface area contributed by atoms with Gasteiger partial charge in [-0.1, -0.05) is 13.3 Å². The zero-order valence-corrected chi connectivity index (χ0v) is 9.68. The maximum absolute atomic E-state index is 11.2. The predicted octanol–water partition coefficient (Wildman–Crippen LogP) is 1.53. The molecule has 0 spiro atoms. The van der Waals surface area contributed by atoms with Crippen molar-refractivity contribution < 1.29 is 9.90 Å². The van der Waals surface area contributed by atoms with Crippen LogP contribution in [0.1, 0.15) is 33.1 Å². The van der Waals surface area contributed by atoms with Crippen LogP contribution >= 0.6 is 11.6 Å². The molecule has 14 heavy (non-hydrogen) atoms. The standard InChI is InChI=1S/C10H20ClNO2/c1-3-4-9(5-6-13)7-12-10(14)8(2)11/h8-9,13H,3-7H2,1-2H3,(H,12,14). The Bertz CT molecular complexity index is 156. The van der Waals surface area contributed by atoms with Gasteiger partial charge in [0.25, 0.3) is 0 Å². The molecule has 0 aromatic carbocycles. The first-order valence-corrected chi connectivity index (χ1v) is 5.58. The fraction of sp³-hybridized carbons (Fsp3) is 0.900. The monoisotopic (exact) mass is 221 g/mol. The maximum Gasteiger partial charge on any atom is 0.237 e. The Balaban J connectivity index is 3.74. The van der Waals surface area contributed by atoms with E-state index in [2.05, 4.69) is 12.2 Å². The molecule has 0 fully saturated rings. The summed E-state index contributed by atoms with van der Waals surface area (Å²) in [5, 5.41) is 11.1. The molecule has 2 atom stereocenters. The Hall–Kier alpha value is -0.280. The average molecular weight is 222 g/mol. The molecule has 0 aliphatic carbocycles. The summed E-state index contributed by atoms with van der Waals surface area (Å²) < 4.78 is 0. The fourth-order valence-corrected chi connectivity index (χ4v) is 1.40. The van der Waals surface area contributed by atoms with Crippen LogP contribution in [0.3, 0.4) is 0 Å². The first kappa shape index (κ1) is 13.7. The second-order valence-electron chi connectivity index (χ2n) is 3.53. The van der Waals surface area contributed by atoms with Crippen LogP contribution in [0.15, 0.2) is 0 Å². The summed E-state index contributed by atoms with van der Waals surface area (Å²) in [6.07, 6.45) is 2.83. The minimum absolute atomic E-state index is 0.134. The van der Waals surface area contributed by atoms with E-state index in [9.17, 15) is 4.79 Å². The zero-order valence-electron chi connectivity index (χ0n) is 8.92. The number of carbonyl (C=O) groups is 1. The van der Waals surface area contributed by atoms with E-state index >= 15 is 0 Å². The first-order chi connectivity index (χ1) is 6.61. The molecule has 4 heteroatoms.